The minimum absolute atomic E-state index is 0. The maximum absolute atomic E-state index is 8.69. The quantitative estimate of drug-likeness (QED) is 0.123. The molecule has 271 valence electrons. The van der Waals surface area contributed by atoms with Gasteiger partial charge in [-0.15, -0.1) is 53.6 Å². The number of imidazole rings is 1. The molecular formula is C47H47IrN3OSi-2. The van der Waals surface area contributed by atoms with Crippen LogP contribution in [0.15, 0.2) is 126 Å². The van der Waals surface area contributed by atoms with Crippen LogP contribution in [0.25, 0.3) is 61.3 Å². The largest absolute Gasteiger partial charge is 0.501 e. The first-order valence-electron chi connectivity index (χ1n) is 19.0. The molecule has 6 heteroatoms. The molecule has 0 N–H and O–H groups in total. The van der Waals surface area contributed by atoms with E-state index in [2.05, 4.69) is 99.6 Å². The van der Waals surface area contributed by atoms with Crippen LogP contribution in [0.2, 0.25) is 19.6 Å². The minimum atomic E-state index is -1.71. The second-order valence-electron chi connectivity index (χ2n) is 15.7. The minimum Gasteiger partial charge on any atom is -0.501 e. The maximum atomic E-state index is 8.69. The molecule has 0 fully saturated rings. The van der Waals surface area contributed by atoms with Gasteiger partial charge in [-0.1, -0.05) is 125 Å². The molecule has 0 spiro atoms. The van der Waals surface area contributed by atoms with Crippen LogP contribution in [-0.4, -0.2) is 22.6 Å². The number of benzene rings is 5. The molecule has 0 saturated heterocycles. The van der Waals surface area contributed by atoms with Gasteiger partial charge in [-0.05, 0) is 58.9 Å². The molecule has 1 radical (unpaired) electrons. The van der Waals surface area contributed by atoms with Gasteiger partial charge in [0.2, 0.25) is 0 Å². The molecule has 5 aromatic carbocycles. The molecule has 0 aliphatic heterocycles. The standard InChI is InChI=1S/C25H15N2O.C22H32NSi.Ir/c1-2-9-17(10-3-1)27-22-15-6-5-14-21(22)26-25(27)20-13-8-12-19-18-11-4-7-16-23(18)28-24(19)20;1-16(2)12-18-14-20(23-15-21(18)24(6,7)8)17-10-9-11-19(13-17)22(3,4)5;/h1-12,14-16H;9,11,13-16H,12H2,1-8H3;/q2*-1;/i;12D2;. The zero-order valence-electron chi connectivity index (χ0n) is 33.7. The molecule has 0 unspecified atom stereocenters. The van der Waals surface area contributed by atoms with Gasteiger partial charge in [-0.2, -0.15) is 0 Å². The van der Waals surface area contributed by atoms with Gasteiger partial charge < -0.3 is 14.0 Å². The predicted octanol–water partition coefficient (Wildman–Crippen LogP) is 12.0. The number of aromatic nitrogens is 3. The summed E-state index contributed by atoms with van der Waals surface area (Å²) in [6.07, 6.45) is 0.531. The van der Waals surface area contributed by atoms with Crippen LogP contribution in [0.4, 0.5) is 0 Å². The van der Waals surface area contributed by atoms with E-state index in [9.17, 15) is 0 Å². The number of hydrogen-bond acceptors (Lipinski definition) is 3. The first-order chi connectivity index (χ1) is 25.6. The number of para-hydroxylation sites is 4. The van der Waals surface area contributed by atoms with Crippen molar-refractivity contribution in [3.63, 3.8) is 0 Å². The number of rotatable bonds is 6. The fourth-order valence-electron chi connectivity index (χ4n) is 6.60. The molecule has 0 amide bonds. The van der Waals surface area contributed by atoms with E-state index in [1.807, 2.05) is 92.8 Å². The summed E-state index contributed by atoms with van der Waals surface area (Å²) in [5.74, 6) is 0.731. The zero-order chi connectivity index (χ0) is 38.4. The monoisotopic (exact) mass is 892 g/mol. The fraction of sp³-hybridized carbons (Fsp3) is 0.234. The Kier molecular flexibility index (Phi) is 10.3. The van der Waals surface area contributed by atoms with Crippen molar-refractivity contribution in [1.29, 1.82) is 0 Å². The van der Waals surface area contributed by atoms with Crippen molar-refractivity contribution in [2.24, 2.45) is 5.92 Å². The summed E-state index contributed by atoms with van der Waals surface area (Å²) in [7, 11) is -1.71. The van der Waals surface area contributed by atoms with Gasteiger partial charge >= 0.3 is 0 Å². The third kappa shape index (κ3) is 8.01. The van der Waals surface area contributed by atoms with Gasteiger partial charge in [0.1, 0.15) is 5.58 Å². The summed E-state index contributed by atoms with van der Waals surface area (Å²) in [6, 6.07) is 45.4. The summed E-state index contributed by atoms with van der Waals surface area (Å²) in [6.45, 7) is 17.2. The predicted molar refractivity (Wildman–Crippen MR) is 221 cm³/mol. The van der Waals surface area contributed by atoms with Crippen LogP contribution >= 0.6 is 0 Å². The Labute approximate surface area is 331 Å². The molecule has 8 aromatic rings. The topological polar surface area (TPSA) is 43.9 Å². The van der Waals surface area contributed by atoms with Gasteiger partial charge in [0, 0.05) is 40.1 Å². The first-order valence-corrected chi connectivity index (χ1v) is 21.5. The Balaban J connectivity index is 0.000000185. The Morgan fingerprint density at radius 2 is 1.53 bits per heavy atom. The van der Waals surface area contributed by atoms with Gasteiger partial charge in [0.05, 0.1) is 30.5 Å². The zero-order valence-corrected chi connectivity index (χ0v) is 35.1. The first kappa shape index (κ1) is 35.4. The molecule has 0 saturated carbocycles. The molecule has 4 nitrogen and oxygen atoms in total. The van der Waals surface area contributed by atoms with Crippen molar-refractivity contribution in [2.75, 3.05) is 0 Å². The Morgan fingerprint density at radius 1 is 0.830 bits per heavy atom. The molecule has 8 rings (SSSR count). The van der Waals surface area contributed by atoms with Crippen molar-refractivity contribution >= 4 is 46.2 Å². The third-order valence-corrected chi connectivity index (χ3v) is 11.3. The van der Waals surface area contributed by atoms with E-state index in [1.165, 1.54) is 5.56 Å². The van der Waals surface area contributed by atoms with E-state index >= 15 is 0 Å². The van der Waals surface area contributed by atoms with Crippen molar-refractivity contribution in [3.05, 3.63) is 145 Å². The fourth-order valence-corrected chi connectivity index (χ4v) is 8.00. The number of pyridine rings is 1. The van der Waals surface area contributed by atoms with Crippen LogP contribution in [0.1, 0.15) is 48.5 Å². The van der Waals surface area contributed by atoms with E-state index in [0.717, 1.165) is 72.1 Å². The van der Waals surface area contributed by atoms with Gasteiger partial charge in [0.15, 0.2) is 0 Å². The second-order valence-corrected chi connectivity index (χ2v) is 20.7. The summed E-state index contributed by atoms with van der Waals surface area (Å²) < 4.78 is 25.8. The normalized spacial score (nSPS) is 12.7. The van der Waals surface area contributed by atoms with Gasteiger partial charge in [-0.25, -0.2) is 0 Å². The Hall–Kier alpha value is -4.61. The van der Waals surface area contributed by atoms with Crippen LogP contribution in [0.3, 0.4) is 0 Å². The molecule has 3 heterocycles. The number of furan rings is 1. The number of nitrogens with zero attached hydrogens (tertiary/aromatic N) is 3. The van der Waals surface area contributed by atoms with Gasteiger partial charge in [-0.3, -0.25) is 4.98 Å². The third-order valence-electron chi connectivity index (χ3n) is 9.24. The Bertz CT molecular complexity index is 2600. The number of hydrogen-bond donors (Lipinski definition) is 0. The summed E-state index contributed by atoms with van der Waals surface area (Å²) in [5.41, 5.74) is 9.45. The van der Waals surface area contributed by atoms with E-state index in [4.69, 9.17) is 17.1 Å². The van der Waals surface area contributed by atoms with Crippen molar-refractivity contribution in [2.45, 2.75) is 66.0 Å². The van der Waals surface area contributed by atoms with Gasteiger partial charge in [0.25, 0.3) is 0 Å². The molecule has 53 heavy (non-hydrogen) atoms. The molecule has 0 bridgehead atoms. The van der Waals surface area contributed by atoms with Crippen molar-refractivity contribution in [3.8, 4) is 28.3 Å². The summed E-state index contributed by atoms with van der Waals surface area (Å²) in [5, 5.41) is 3.29. The second kappa shape index (κ2) is 15.4. The van der Waals surface area contributed by atoms with E-state index in [1.54, 1.807) is 0 Å². The summed E-state index contributed by atoms with van der Waals surface area (Å²) in [4.78, 5) is 9.66. The average molecular weight is 892 g/mol. The molecule has 0 aliphatic carbocycles. The molecule has 0 aliphatic rings. The molecular weight excluding hydrogens is 843 g/mol. The maximum Gasteiger partial charge on any atom is 0.120 e. The van der Waals surface area contributed by atoms with Crippen LogP contribution in [0, 0.1) is 18.1 Å². The van der Waals surface area contributed by atoms with Crippen molar-refractivity contribution in [1.82, 2.24) is 14.5 Å². The molecule has 0 atom stereocenters. The van der Waals surface area contributed by atoms with E-state index in [-0.39, 0.29) is 31.4 Å². The average Bonchev–Trinajstić information content (AvgIpc) is 3.73. The van der Waals surface area contributed by atoms with Crippen LogP contribution in [-0.2, 0) is 31.9 Å². The van der Waals surface area contributed by atoms with Crippen LogP contribution < -0.4 is 5.19 Å². The molecule has 3 aromatic heterocycles. The smallest absolute Gasteiger partial charge is 0.120 e. The Morgan fingerprint density at radius 3 is 2.26 bits per heavy atom. The number of fused-ring (bicyclic) bond motifs is 4. The van der Waals surface area contributed by atoms with E-state index < -0.39 is 14.4 Å². The summed E-state index contributed by atoms with van der Waals surface area (Å²) >= 11 is 0. The van der Waals surface area contributed by atoms with Crippen LogP contribution in [0.5, 0.6) is 0 Å². The van der Waals surface area contributed by atoms with E-state index in [0.29, 0.717) is 0 Å². The SMILES string of the molecule is [2H]C([2H])(c1cc(-c2[c-]ccc(C(C)(C)C)c2)ncc1[Si](C)(C)C)C(C)C.[Ir].[c-]1ccc2c(oc3ccccc32)c1-c1nc2ccccc2n1-c1ccccc1. The van der Waals surface area contributed by atoms with Crippen molar-refractivity contribution < 1.29 is 27.3 Å².